The second-order valence-electron chi connectivity index (χ2n) is 6.63. The van der Waals surface area contributed by atoms with E-state index < -0.39 is 12.6 Å². The zero-order valence-corrected chi connectivity index (χ0v) is 16.1. The SMILES string of the molecule is CC[C@H](C)N1C(=O)c2ccccc2N[C@H]1c1ccc(OCC(=O)[O-])c(OC)c1. The third-order valence-electron chi connectivity index (χ3n) is 4.88. The summed E-state index contributed by atoms with van der Waals surface area (Å²) in [6, 6.07) is 12.6. The highest BCUT2D eigenvalue weighted by Gasteiger charge is 2.35. The summed E-state index contributed by atoms with van der Waals surface area (Å²) in [4.78, 5) is 25.6. The molecule has 148 valence electrons. The lowest BCUT2D eigenvalue weighted by Crippen LogP contribution is -2.47. The Morgan fingerprint density at radius 3 is 2.68 bits per heavy atom. The molecule has 28 heavy (non-hydrogen) atoms. The monoisotopic (exact) mass is 383 g/mol. The number of carboxylic acids is 1. The molecule has 1 aliphatic rings. The van der Waals surface area contributed by atoms with Crippen LogP contribution >= 0.6 is 0 Å². The lowest BCUT2D eigenvalue weighted by molar-refractivity contribution is -0.307. The van der Waals surface area contributed by atoms with E-state index in [2.05, 4.69) is 5.32 Å². The Labute approximate surface area is 163 Å². The topological polar surface area (TPSA) is 90.9 Å². The number of benzene rings is 2. The first kappa shape index (κ1) is 19.5. The molecule has 1 amide bonds. The van der Waals surface area contributed by atoms with Crippen LogP contribution in [0.15, 0.2) is 42.5 Å². The molecule has 1 aliphatic heterocycles. The molecule has 0 saturated heterocycles. The third kappa shape index (κ3) is 3.74. The van der Waals surface area contributed by atoms with Gasteiger partial charge in [-0.1, -0.05) is 25.1 Å². The van der Waals surface area contributed by atoms with Crippen LogP contribution in [-0.4, -0.2) is 36.5 Å². The van der Waals surface area contributed by atoms with Gasteiger partial charge in [-0.05, 0) is 43.2 Å². The fraction of sp³-hybridized carbons (Fsp3) is 0.333. The number of fused-ring (bicyclic) bond motifs is 1. The van der Waals surface area contributed by atoms with E-state index in [1.54, 1.807) is 18.2 Å². The van der Waals surface area contributed by atoms with E-state index in [0.29, 0.717) is 17.1 Å². The average Bonchev–Trinajstić information content (AvgIpc) is 2.71. The molecule has 2 atom stereocenters. The normalized spacial score (nSPS) is 16.8. The lowest BCUT2D eigenvalue weighted by atomic mass is 10.0. The van der Waals surface area contributed by atoms with Gasteiger partial charge in [0.15, 0.2) is 11.5 Å². The minimum absolute atomic E-state index is 0.0124. The summed E-state index contributed by atoms with van der Waals surface area (Å²) >= 11 is 0. The number of para-hydroxylation sites is 1. The Kier molecular flexibility index (Phi) is 5.73. The largest absolute Gasteiger partial charge is 0.546 e. The molecule has 2 aromatic carbocycles. The number of carbonyl (C=O) groups excluding carboxylic acids is 2. The van der Waals surface area contributed by atoms with Gasteiger partial charge in [-0.25, -0.2) is 0 Å². The summed E-state index contributed by atoms with van der Waals surface area (Å²) in [6.45, 7) is 3.48. The number of methoxy groups -OCH3 is 1. The Morgan fingerprint density at radius 1 is 1.25 bits per heavy atom. The van der Waals surface area contributed by atoms with Gasteiger partial charge in [-0.3, -0.25) is 4.79 Å². The molecule has 7 heteroatoms. The van der Waals surface area contributed by atoms with Gasteiger partial charge in [0, 0.05) is 11.7 Å². The maximum atomic E-state index is 13.2. The summed E-state index contributed by atoms with van der Waals surface area (Å²) in [5, 5.41) is 14.1. The van der Waals surface area contributed by atoms with E-state index in [0.717, 1.165) is 17.7 Å². The standard InChI is InChI=1S/C21H24N2O5/c1-4-13(2)23-20(22-16-8-6-5-7-15(16)21(23)26)14-9-10-17(18(11-14)27-3)28-12-19(24)25/h5-11,13,20,22H,4,12H2,1-3H3,(H,24,25)/p-1/t13-,20+/m0/s1. The number of carbonyl (C=O) groups is 2. The number of ether oxygens (including phenoxy) is 2. The maximum Gasteiger partial charge on any atom is 0.258 e. The summed E-state index contributed by atoms with van der Waals surface area (Å²) < 4.78 is 10.6. The van der Waals surface area contributed by atoms with E-state index in [9.17, 15) is 14.7 Å². The van der Waals surface area contributed by atoms with Crippen molar-refractivity contribution in [2.45, 2.75) is 32.5 Å². The fourth-order valence-corrected chi connectivity index (χ4v) is 3.27. The quantitative estimate of drug-likeness (QED) is 0.788. The van der Waals surface area contributed by atoms with Gasteiger partial charge in [0.25, 0.3) is 5.91 Å². The second-order valence-corrected chi connectivity index (χ2v) is 6.63. The van der Waals surface area contributed by atoms with E-state index >= 15 is 0 Å². The number of aliphatic carboxylic acids is 1. The molecule has 0 fully saturated rings. The number of rotatable bonds is 7. The van der Waals surface area contributed by atoms with Crippen molar-refractivity contribution in [2.75, 3.05) is 19.0 Å². The maximum absolute atomic E-state index is 13.2. The highest BCUT2D eigenvalue weighted by Crippen LogP contribution is 2.38. The van der Waals surface area contributed by atoms with Crippen molar-refractivity contribution < 1.29 is 24.2 Å². The molecule has 0 radical (unpaired) electrons. The fourth-order valence-electron chi connectivity index (χ4n) is 3.27. The van der Waals surface area contributed by atoms with E-state index in [-0.39, 0.29) is 18.1 Å². The van der Waals surface area contributed by atoms with Crippen molar-refractivity contribution in [3.05, 3.63) is 53.6 Å². The first-order chi connectivity index (χ1) is 13.5. The number of nitrogens with one attached hydrogen (secondary N) is 1. The van der Waals surface area contributed by atoms with E-state index in [4.69, 9.17) is 9.47 Å². The van der Waals surface area contributed by atoms with Crippen molar-refractivity contribution in [3.63, 3.8) is 0 Å². The van der Waals surface area contributed by atoms with Crippen molar-refractivity contribution in [1.29, 1.82) is 0 Å². The zero-order valence-electron chi connectivity index (χ0n) is 16.1. The number of hydrogen-bond acceptors (Lipinski definition) is 6. The van der Waals surface area contributed by atoms with Gasteiger partial charge in [0.2, 0.25) is 0 Å². The smallest absolute Gasteiger partial charge is 0.258 e. The van der Waals surface area contributed by atoms with Gasteiger partial charge < -0.3 is 29.6 Å². The number of anilines is 1. The zero-order chi connectivity index (χ0) is 20.3. The number of hydrogen-bond donors (Lipinski definition) is 1. The Bertz CT molecular complexity index is 883. The molecular formula is C21H23N2O5-. The van der Waals surface area contributed by atoms with Crippen LogP contribution in [0.2, 0.25) is 0 Å². The Balaban J connectivity index is 2.00. The molecule has 3 rings (SSSR count). The average molecular weight is 383 g/mol. The lowest BCUT2D eigenvalue weighted by Gasteiger charge is -2.41. The Morgan fingerprint density at radius 2 is 2.00 bits per heavy atom. The van der Waals surface area contributed by atoms with Crippen LogP contribution in [0.1, 0.15) is 42.4 Å². The minimum atomic E-state index is -1.31. The predicted octanol–water partition coefficient (Wildman–Crippen LogP) is 2.19. The van der Waals surface area contributed by atoms with Crippen molar-refractivity contribution >= 4 is 17.6 Å². The van der Waals surface area contributed by atoms with Crippen LogP contribution in [0.25, 0.3) is 0 Å². The van der Waals surface area contributed by atoms with Crippen LogP contribution in [0, 0.1) is 0 Å². The van der Waals surface area contributed by atoms with Crippen molar-refractivity contribution in [1.82, 2.24) is 4.90 Å². The van der Waals surface area contributed by atoms with Crippen LogP contribution in [0.4, 0.5) is 5.69 Å². The first-order valence-electron chi connectivity index (χ1n) is 9.15. The van der Waals surface area contributed by atoms with E-state index in [1.165, 1.54) is 7.11 Å². The van der Waals surface area contributed by atoms with Crippen molar-refractivity contribution in [2.24, 2.45) is 0 Å². The molecule has 1 N–H and O–H groups in total. The second kappa shape index (κ2) is 8.21. The van der Waals surface area contributed by atoms with Crippen LogP contribution in [0.5, 0.6) is 11.5 Å². The van der Waals surface area contributed by atoms with Crippen LogP contribution in [0.3, 0.4) is 0 Å². The molecule has 0 aromatic heterocycles. The molecule has 0 unspecified atom stereocenters. The van der Waals surface area contributed by atoms with Gasteiger partial charge in [-0.15, -0.1) is 0 Å². The van der Waals surface area contributed by atoms with Crippen LogP contribution < -0.4 is 19.9 Å². The number of amides is 1. The van der Waals surface area contributed by atoms with E-state index in [1.807, 2.05) is 43.0 Å². The molecule has 0 bridgehead atoms. The minimum Gasteiger partial charge on any atom is -0.546 e. The molecule has 0 aliphatic carbocycles. The number of carboxylic acid groups (broad SMARTS) is 1. The first-order valence-corrected chi connectivity index (χ1v) is 9.15. The molecular weight excluding hydrogens is 360 g/mol. The molecule has 7 nitrogen and oxygen atoms in total. The van der Waals surface area contributed by atoms with Gasteiger partial charge in [0.1, 0.15) is 12.8 Å². The van der Waals surface area contributed by atoms with Gasteiger partial charge in [-0.2, -0.15) is 0 Å². The van der Waals surface area contributed by atoms with Gasteiger partial charge in [0.05, 0.1) is 18.6 Å². The molecule has 1 heterocycles. The summed E-state index contributed by atoms with van der Waals surface area (Å²) in [5.74, 6) is -0.667. The highest BCUT2D eigenvalue weighted by atomic mass is 16.5. The van der Waals surface area contributed by atoms with Crippen LogP contribution in [-0.2, 0) is 4.79 Å². The summed E-state index contributed by atoms with van der Waals surface area (Å²) in [7, 11) is 1.48. The van der Waals surface area contributed by atoms with Crippen molar-refractivity contribution in [3.8, 4) is 11.5 Å². The predicted molar refractivity (Wildman–Crippen MR) is 102 cm³/mol. The highest BCUT2D eigenvalue weighted by molar-refractivity contribution is 6.01. The molecule has 2 aromatic rings. The molecule has 0 spiro atoms. The van der Waals surface area contributed by atoms with Gasteiger partial charge >= 0.3 is 0 Å². The molecule has 0 saturated carbocycles. The Hall–Kier alpha value is -3.22. The summed E-state index contributed by atoms with van der Waals surface area (Å²) in [5.41, 5.74) is 2.22. The summed E-state index contributed by atoms with van der Waals surface area (Å²) in [6.07, 6.45) is 0.414. The third-order valence-corrected chi connectivity index (χ3v) is 4.88. The number of nitrogens with zero attached hydrogens (tertiary/aromatic N) is 1.